The lowest BCUT2D eigenvalue weighted by atomic mass is 10.1. The maximum absolute atomic E-state index is 12.8. The third-order valence-corrected chi connectivity index (χ3v) is 12.2. The van der Waals surface area contributed by atoms with Gasteiger partial charge in [-0.25, -0.2) is 0 Å². The highest BCUT2D eigenvalue weighted by Crippen LogP contribution is 2.14. The van der Waals surface area contributed by atoms with Gasteiger partial charge in [-0.05, 0) is 122 Å². The van der Waals surface area contributed by atoms with Gasteiger partial charge in [0.05, 0.1) is 0 Å². The van der Waals surface area contributed by atoms with Crippen molar-refractivity contribution >= 4 is 17.9 Å². The molecule has 6 heteroatoms. The summed E-state index contributed by atoms with van der Waals surface area (Å²) in [6.07, 6.45) is 81.9. The molecule has 1 atom stereocenters. The lowest BCUT2D eigenvalue weighted by molar-refractivity contribution is -0.167. The van der Waals surface area contributed by atoms with Gasteiger partial charge in [0.1, 0.15) is 13.2 Å². The summed E-state index contributed by atoms with van der Waals surface area (Å²) in [4.78, 5) is 38.1. The fourth-order valence-corrected chi connectivity index (χ4v) is 7.71. The van der Waals surface area contributed by atoms with Crippen LogP contribution in [0.2, 0.25) is 0 Å². The molecule has 0 fully saturated rings. The lowest BCUT2D eigenvalue weighted by Gasteiger charge is -2.18. The molecular weight excluding hydrogens is 889 g/mol. The summed E-state index contributed by atoms with van der Waals surface area (Å²) >= 11 is 0. The van der Waals surface area contributed by atoms with E-state index in [1.165, 1.54) is 70.6 Å². The molecule has 0 aliphatic heterocycles. The molecule has 0 N–H and O–H groups in total. The summed E-state index contributed by atoms with van der Waals surface area (Å²) in [7, 11) is 0. The predicted molar refractivity (Wildman–Crippen MR) is 311 cm³/mol. The zero-order chi connectivity index (χ0) is 52.2. The molecule has 72 heavy (non-hydrogen) atoms. The molecule has 408 valence electrons. The van der Waals surface area contributed by atoms with Gasteiger partial charge < -0.3 is 14.2 Å². The Balaban J connectivity index is 4.30. The number of allylic oxidation sites excluding steroid dienone is 20. The van der Waals surface area contributed by atoms with E-state index in [9.17, 15) is 14.4 Å². The van der Waals surface area contributed by atoms with E-state index in [0.29, 0.717) is 19.3 Å². The highest BCUT2D eigenvalue weighted by atomic mass is 16.6. The third-order valence-electron chi connectivity index (χ3n) is 12.2. The Kier molecular flexibility index (Phi) is 55.9. The van der Waals surface area contributed by atoms with E-state index in [0.717, 1.165) is 148 Å². The van der Waals surface area contributed by atoms with Crippen LogP contribution in [-0.2, 0) is 28.6 Å². The van der Waals surface area contributed by atoms with E-state index < -0.39 is 6.10 Å². The first-order valence-electron chi connectivity index (χ1n) is 29.5. The van der Waals surface area contributed by atoms with Gasteiger partial charge in [0, 0.05) is 19.3 Å². The van der Waals surface area contributed by atoms with Crippen LogP contribution in [0.5, 0.6) is 0 Å². The molecule has 6 nitrogen and oxygen atoms in total. The maximum atomic E-state index is 12.8. The molecule has 0 heterocycles. The van der Waals surface area contributed by atoms with Crippen LogP contribution in [0.4, 0.5) is 0 Å². The van der Waals surface area contributed by atoms with E-state index in [-0.39, 0.29) is 31.1 Å². The minimum absolute atomic E-state index is 0.0937. The van der Waals surface area contributed by atoms with E-state index in [4.69, 9.17) is 14.2 Å². The van der Waals surface area contributed by atoms with Crippen molar-refractivity contribution in [3.63, 3.8) is 0 Å². The van der Waals surface area contributed by atoms with Crippen LogP contribution < -0.4 is 0 Å². The lowest BCUT2D eigenvalue weighted by Crippen LogP contribution is -2.30. The molecule has 0 aliphatic carbocycles. The molecule has 0 rings (SSSR count). The Morgan fingerprint density at radius 1 is 0.292 bits per heavy atom. The first-order valence-corrected chi connectivity index (χ1v) is 29.5. The van der Waals surface area contributed by atoms with Crippen LogP contribution in [0.1, 0.15) is 258 Å². The largest absolute Gasteiger partial charge is 0.462 e. The van der Waals surface area contributed by atoms with E-state index >= 15 is 0 Å². The summed E-state index contributed by atoms with van der Waals surface area (Å²) in [5.74, 6) is -0.931. The van der Waals surface area contributed by atoms with Gasteiger partial charge in [-0.15, -0.1) is 0 Å². The molecule has 0 spiro atoms. The number of carbonyl (C=O) groups is 3. The number of rotatable bonds is 52. The van der Waals surface area contributed by atoms with E-state index in [1.807, 2.05) is 0 Å². The van der Waals surface area contributed by atoms with Gasteiger partial charge in [-0.1, -0.05) is 239 Å². The Morgan fingerprint density at radius 2 is 0.542 bits per heavy atom. The molecule has 0 bridgehead atoms. The average Bonchev–Trinajstić information content (AvgIpc) is 3.38. The van der Waals surface area contributed by atoms with Gasteiger partial charge >= 0.3 is 17.9 Å². The fourth-order valence-electron chi connectivity index (χ4n) is 7.71. The molecule has 0 radical (unpaired) electrons. The second kappa shape index (κ2) is 59.4. The van der Waals surface area contributed by atoms with Crippen molar-refractivity contribution in [1.82, 2.24) is 0 Å². The second-order valence-electron chi connectivity index (χ2n) is 19.2. The Morgan fingerprint density at radius 3 is 0.861 bits per heavy atom. The molecule has 0 saturated carbocycles. The van der Waals surface area contributed by atoms with Gasteiger partial charge in [0.2, 0.25) is 0 Å². The van der Waals surface area contributed by atoms with Crippen LogP contribution in [-0.4, -0.2) is 37.2 Å². The normalized spacial score (nSPS) is 13.0. The van der Waals surface area contributed by atoms with Crippen molar-refractivity contribution in [2.75, 3.05) is 13.2 Å². The van der Waals surface area contributed by atoms with Crippen LogP contribution >= 0.6 is 0 Å². The zero-order valence-electron chi connectivity index (χ0n) is 46.7. The first kappa shape index (κ1) is 67.8. The number of hydrogen-bond donors (Lipinski definition) is 0. The molecule has 0 aromatic heterocycles. The van der Waals surface area contributed by atoms with Crippen molar-refractivity contribution < 1.29 is 28.6 Å². The Bertz CT molecular complexity index is 1520. The molecule has 0 aromatic carbocycles. The van der Waals surface area contributed by atoms with Crippen LogP contribution in [0.3, 0.4) is 0 Å². The highest BCUT2D eigenvalue weighted by Gasteiger charge is 2.19. The van der Waals surface area contributed by atoms with Crippen molar-refractivity contribution in [1.29, 1.82) is 0 Å². The van der Waals surface area contributed by atoms with E-state index in [2.05, 4.69) is 142 Å². The summed E-state index contributed by atoms with van der Waals surface area (Å²) < 4.78 is 16.8. The van der Waals surface area contributed by atoms with Gasteiger partial charge in [0.25, 0.3) is 0 Å². The summed E-state index contributed by atoms with van der Waals surface area (Å²) in [6, 6.07) is 0. The van der Waals surface area contributed by atoms with Crippen molar-refractivity contribution in [2.45, 2.75) is 264 Å². The average molecular weight is 998 g/mol. The highest BCUT2D eigenvalue weighted by molar-refractivity contribution is 5.71. The molecule has 0 aliphatic rings. The minimum Gasteiger partial charge on any atom is -0.462 e. The summed E-state index contributed by atoms with van der Waals surface area (Å²) in [6.45, 7) is 6.41. The van der Waals surface area contributed by atoms with Crippen LogP contribution in [0.15, 0.2) is 122 Å². The Labute approximate surface area is 443 Å². The number of ether oxygens (including phenoxy) is 3. The monoisotopic (exact) mass is 997 g/mol. The van der Waals surface area contributed by atoms with Gasteiger partial charge in [-0.3, -0.25) is 14.4 Å². The molecular formula is C66H108O6. The second-order valence-corrected chi connectivity index (χ2v) is 19.2. The SMILES string of the molecule is CC/C=C\C/C=C\C/C=C\C/C=C\C/C=C\C/C=C\C/C=C\CCCCCCCCCC(=O)OCC(COC(=O)CCCCCCC/C=C\CCCC)OC(=O)CCCCCCC/C=C\C/C=C\CCCC. The summed E-state index contributed by atoms with van der Waals surface area (Å²) in [5, 5.41) is 0. The molecule has 0 amide bonds. The van der Waals surface area contributed by atoms with Crippen molar-refractivity contribution in [3.8, 4) is 0 Å². The van der Waals surface area contributed by atoms with Gasteiger partial charge in [-0.2, -0.15) is 0 Å². The van der Waals surface area contributed by atoms with Gasteiger partial charge in [0.15, 0.2) is 6.10 Å². The zero-order valence-corrected chi connectivity index (χ0v) is 46.7. The smallest absolute Gasteiger partial charge is 0.306 e. The first-order chi connectivity index (χ1) is 35.5. The Hall–Kier alpha value is -4.19. The topological polar surface area (TPSA) is 78.9 Å². The molecule has 0 aromatic rings. The van der Waals surface area contributed by atoms with Crippen molar-refractivity contribution in [3.05, 3.63) is 122 Å². The summed E-state index contributed by atoms with van der Waals surface area (Å²) in [5.41, 5.74) is 0. The van der Waals surface area contributed by atoms with E-state index in [1.54, 1.807) is 0 Å². The minimum atomic E-state index is -0.796. The third kappa shape index (κ3) is 56.7. The quantitative estimate of drug-likeness (QED) is 0.0261. The predicted octanol–water partition coefficient (Wildman–Crippen LogP) is 20.0. The number of unbranched alkanes of at least 4 members (excludes halogenated alkanes) is 21. The maximum Gasteiger partial charge on any atom is 0.306 e. The number of hydrogen-bond acceptors (Lipinski definition) is 6. The van der Waals surface area contributed by atoms with Crippen molar-refractivity contribution in [2.24, 2.45) is 0 Å². The number of esters is 3. The fraction of sp³-hybridized carbons (Fsp3) is 0.652. The van der Waals surface area contributed by atoms with Crippen LogP contribution in [0.25, 0.3) is 0 Å². The standard InChI is InChI=1S/C66H108O6/c1-4-7-10-13-16-19-22-24-26-27-28-29-30-31-32-33-34-35-36-37-38-39-40-42-44-47-50-53-56-59-65(68)71-62-63(61-70-64(67)58-55-52-49-46-43-21-18-15-12-9-6-3)72-66(69)60-57-54-51-48-45-41-25-23-20-17-14-11-8-5-2/h7,10,14-19,23-26,28-29,31-32,34-35,37-38,63H,4-6,8-9,11-13,20-22,27,30,33,36,39-62H2,1-3H3/b10-7-,17-14-,18-15-,19-16-,25-23-,26-24-,29-28-,32-31-,35-34-,38-37-. The molecule has 0 saturated heterocycles. The molecule has 1 unspecified atom stereocenters. The van der Waals surface area contributed by atoms with Crippen LogP contribution in [0, 0.1) is 0 Å². The number of carbonyl (C=O) groups excluding carboxylic acids is 3.